The van der Waals surface area contributed by atoms with E-state index in [1.807, 2.05) is 0 Å². The number of nitrogens with zero attached hydrogens (tertiary/aromatic N) is 3. The van der Waals surface area contributed by atoms with E-state index in [1.165, 1.54) is 6.20 Å². The van der Waals surface area contributed by atoms with Gasteiger partial charge < -0.3 is 20.6 Å². The maximum Gasteiger partial charge on any atom is 0.337 e. The molecule has 2 heterocycles. The molecule has 0 spiro atoms. The molecule has 6 nitrogen and oxygen atoms in total. The van der Waals surface area contributed by atoms with Crippen molar-refractivity contribution in [2.24, 2.45) is 5.92 Å². The Hall–Kier alpha value is -1.82. The van der Waals surface area contributed by atoms with Crippen molar-refractivity contribution in [3.8, 4) is 0 Å². The topological polar surface area (TPSA) is 82.7 Å². The van der Waals surface area contributed by atoms with Crippen LogP contribution in [0.15, 0.2) is 12.3 Å². The van der Waals surface area contributed by atoms with Gasteiger partial charge in [-0.05, 0) is 26.1 Å². The van der Waals surface area contributed by atoms with Crippen LogP contribution in [0, 0.1) is 5.92 Å². The minimum Gasteiger partial charge on any atom is -0.478 e. The molecule has 0 radical (unpaired) electrons. The quantitative estimate of drug-likeness (QED) is 0.838. The van der Waals surface area contributed by atoms with Gasteiger partial charge in [-0.3, -0.25) is 0 Å². The average molecular weight is 264 g/mol. The second-order valence-electron chi connectivity index (χ2n) is 5.35. The molecular weight excluding hydrogens is 244 g/mol. The van der Waals surface area contributed by atoms with Gasteiger partial charge in [-0.2, -0.15) is 0 Å². The van der Waals surface area contributed by atoms with Crippen molar-refractivity contribution in [1.82, 2.24) is 9.88 Å². The highest BCUT2D eigenvalue weighted by atomic mass is 16.4. The van der Waals surface area contributed by atoms with Gasteiger partial charge in [0, 0.05) is 19.1 Å². The van der Waals surface area contributed by atoms with Crippen molar-refractivity contribution >= 4 is 17.5 Å². The zero-order valence-electron chi connectivity index (χ0n) is 11.5. The zero-order valence-corrected chi connectivity index (χ0v) is 11.5. The molecule has 1 fully saturated rings. The largest absolute Gasteiger partial charge is 0.478 e. The highest BCUT2D eigenvalue weighted by Gasteiger charge is 2.32. The standard InChI is InChI=1S/C13H20N4O2/c1-8-6-17(7-11(8)16(2)3)12-4-9(13(18)19)10(14)5-15-12/h4-5,8,11H,6-7,14H2,1-3H3,(H,18,19). The molecule has 0 aromatic carbocycles. The molecule has 1 aromatic rings. The number of nitrogen functional groups attached to an aromatic ring is 1. The van der Waals surface area contributed by atoms with Gasteiger partial charge in [0.2, 0.25) is 0 Å². The fourth-order valence-electron chi connectivity index (χ4n) is 2.62. The molecule has 0 bridgehead atoms. The highest BCUT2D eigenvalue weighted by molar-refractivity contribution is 5.94. The number of hydrogen-bond acceptors (Lipinski definition) is 5. The van der Waals surface area contributed by atoms with Gasteiger partial charge in [0.25, 0.3) is 0 Å². The molecule has 19 heavy (non-hydrogen) atoms. The van der Waals surface area contributed by atoms with E-state index < -0.39 is 5.97 Å². The molecule has 104 valence electrons. The Morgan fingerprint density at radius 2 is 2.21 bits per heavy atom. The molecule has 3 N–H and O–H groups in total. The number of pyridine rings is 1. The summed E-state index contributed by atoms with van der Waals surface area (Å²) in [4.78, 5) is 19.6. The normalized spacial score (nSPS) is 23.1. The highest BCUT2D eigenvalue weighted by Crippen LogP contribution is 2.26. The number of aromatic nitrogens is 1. The Morgan fingerprint density at radius 1 is 1.53 bits per heavy atom. The fraction of sp³-hybridized carbons (Fsp3) is 0.538. The number of hydrogen-bond donors (Lipinski definition) is 2. The number of anilines is 2. The molecule has 2 atom stereocenters. The molecule has 2 unspecified atom stereocenters. The molecule has 1 aliphatic heterocycles. The fourth-order valence-corrected chi connectivity index (χ4v) is 2.62. The van der Waals surface area contributed by atoms with Crippen LogP contribution in [0.3, 0.4) is 0 Å². The second-order valence-corrected chi connectivity index (χ2v) is 5.35. The van der Waals surface area contributed by atoms with Gasteiger partial charge in [0.1, 0.15) is 5.82 Å². The van der Waals surface area contributed by atoms with E-state index in [0.717, 1.165) is 13.1 Å². The molecule has 2 rings (SSSR count). The first kappa shape index (κ1) is 13.6. The number of rotatable bonds is 3. The summed E-state index contributed by atoms with van der Waals surface area (Å²) >= 11 is 0. The van der Waals surface area contributed by atoms with Crippen molar-refractivity contribution < 1.29 is 9.90 Å². The van der Waals surface area contributed by atoms with Crippen LogP contribution in [0.1, 0.15) is 17.3 Å². The Labute approximate surface area is 112 Å². The van der Waals surface area contributed by atoms with E-state index in [0.29, 0.717) is 17.8 Å². The van der Waals surface area contributed by atoms with Crippen LogP contribution in [0.5, 0.6) is 0 Å². The first-order valence-corrected chi connectivity index (χ1v) is 6.30. The molecular formula is C13H20N4O2. The summed E-state index contributed by atoms with van der Waals surface area (Å²) in [5.74, 6) is 0.183. The smallest absolute Gasteiger partial charge is 0.337 e. The Balaban J connectivity index is 2.24. The number of aromatic carboxylic acids is 1. The summed E-state index contributed by atoms with van der Waals surface area (Å²) in [5.41, 5.74) is 5.94. The number of carboxylic acids is 1. The lowest BCUT2D eigenvalue weighted by molar-refractivity contribution is 0.0698. The summed E-state index contributed by atoms with van der Waals surface area (Å²) in [5, 5.41) is 9.09. The van der Waals surface area contributed by atoms with E-state index in [2.05, 4.69) is 35.8 Å². The van der Waals surface area contributed by atoms with Crippen molar-refractivity contribution in [2.45, 2.75) is 13.0 Å². The zero-order chi connectivity index (χ0) is 14.2. The average Bonchev–Trinajstić information content (AvgIpc) is 2.71. The van der Waals surface area contributed by atoms with Crippen molar-refractivity contribution in [2.75, 3.05) is 37.8 Å². The second kappa shape index (κ2) is 5.05. The molecule has 0 saturated carbocycles. The van der Waals surface area contributed by atoms with Crippen LogP contribution < -0.4 is 10.6 Å². The monoisotopic (exact) mass is 264 g/mol. The summed E-state index contributed by atoms with van der Waals surface area (Å²) in [7, 11) is 4.12. The number of carbonyl (C=O) groups is 1. The van der Waals surface area contributed by atoms with Crippen LogP contribution in [0.2, 0.25) is 0 Å². The van der Waals surface area contributed by atoms with Crippen LogP contribution in [-0.4, -0.2) is 54.2 Å². The van der Waals surface area contributed by atoms with Crippen LogP contribution in [0.4, 0.5) is 11.5 Å². The van der Waals surface area contributed by atoms with E-state index in [4.69, 9.17) is 10.8 Å². The van der Waals surface area contributed by atoms with E-state index in [9.17, 15) is 4.79 Å². The van der Waals surface area contributed by atoms with Crippen LogP contribution in [-0.2, 0) is 0 Å². The van der Waals surface area contributed by atoms with Gasteiger partial charge in [-0.25, -0.2) is 9.78 Å². The molecule has 6 heteroatoms. The maximum atomic E-state index is 11.1. The summed E-state index contributed by atoms with van der Waals surface area (Å²) < 4.78 is 0. The first-order valence-electron chi connectivity index (χ1n) is 6.30. The third-order valence-corrected chi connectivity index (χ3v) is 3.71. The third-order valence-electron chi connectivity index (χ3n) is 3.71. The van der Waals surface area contributed by atoms with E-state index >= 15 is 0 Å². The summed E-state index contributed by atoms with van der Waals surface area (Å²) in [6.45, 7) is 3.92. The maximum absolute atomic E-state index is 11.1. The van der Waals surface area contributed by atoms with Crippen molar-refractivity contribution in [3.05, 3.63) is 17.8 Å². The van der Waals surface area contributed by atoms with Gasteiger partial charge >= 0.3 is 5.97 Å². The predicted octanol–water partition coefficient (Wildman–Crippen LogP) is 0.748. The third kappa shape index (κ3) is 2.63. The van der Waals surface area contributed by atoms with Crippen LogP contribution in [0.25, 0.3) is 0 Å². The predicted molar refractivity (Wildman–Crippen MR) is 74.5 cm³/mol. The lowest BCUT2D eigenvalue weighted by Crippen LogP contribution is -2.34. The molecule has 0 amide bonds. The van der Waals surface area contributed by atoms with Crippen molar-refractivity contribution in [1.29, 1.82) is 0 Å². The minimum absolute atomic E-state index is 0.117. The van der Waals surface area contributed by atoms with E-state index in [1.54, 1.807) is 6.07 Å². The number of nitrogens with two attached hydrogens (primary N) is 1. The molecule has 1 saturated heterocycles. The summed E-state index contributed by atoms with van der Waals surface area (Å²) in [6.07, 6.45) is 1.42. The van der Waals surface area contributed by atoms with Gasteiger partial charge in [0.15, 0.2) is 0 Å². The molecule has 1 aromatic heterocycles. The Bertz CT molecular complexity index is 490. The van der Waals surface area contributed by atoms with E-state index in [-0.39, 0.29) is 11.3 Å². The van der Waals surface area contributed by atoms with Gasteiger partial charge in [-0.15, -0.1) is 0 Å². The lowest BCUT2D eigenvalue weighted by Gasteiger charge is -2.22. The minimum atomic E-state index is -1.02. The first-order chi connectivity index (χ1) is 8.90. The Kier molecular flexibility index (Phi) is 3.61. The molecule has 0 aliphatic carbocycles. The number of likely N-dealkylation sites (N-methyl/N-ethyl adjacent to an activating group) is 1. The van der Waals surface area contributed by atoms with Gasteiger partial charge in [-0.1, -0.05) is 6.92 Å². The van der Waals surface area contributed by atoms with Gasteiger partial charge in [0.05, 0.1) is 17.4 Å². The van der Waals surface area contributed by atoms with Crippen LogP contribution >= 0.6 is 0 Å². The number of carboxylic acid groups (broad SMARTS) is 1. The lowest BCUT2D eigenvalue weighted by atomic mass is 10.1. The van der Waals surface area contributed by atoms with Crippen molar-refractivity contribution in [3.63, 3.8) is 0 Å². The Morgan fingerprint density at radius 3 is 2.74 bits per heavy atom. The summed E-state index contributed by atoms with van der Waals surface area (Å²) in [6, 6.07) is 2.01. The SMILES string of the molecule is CC1CN(c2cc(C(=O)O)c(N)cn2)CC1N(C)C. The molecule has 1 aliphatic rings.